The van der Waals surface area contributed by atoms with Gasteiger partial charge < -0.3 is 9.84 Å². The van der Waals surface area contributed by atoms with E-state index >= 15 is 0 Å². The van der Waals surface area contributed by atoms with Crippen molar-refractivity contribution in [1.29, 1.82) is 0 Å². The summed E-state index contributed by atoms with van der Waals surface area (Å²) in [5.41, 5.74) is 0. The Kier molecular flexibility index (Phi) is 1.89. The number of hydrogen-bond donors (Lipinski definition) is 1. The van der Waals surface area contributed by atoms with Crippen LogP contribution in [0.1, 0.15) is 12.8 Å². The minimum absolute atomic E-state index is 0.549. The highest BCUT2D eigenvalue weighted by Gasteiger charge is 2.23. The average molecular weight is 143 g/mol. The van der Waals surface area contributed by atoms with E-state index in [1.807, 2.05) is 0 Å². The van der Waals surface area contributed by atoms with Gasteiger partial charge in [0.1, 0.15) is 0 Å². The van der Waals surface area contributed by atoms with Gasteiger partial charge in [-0.05, 0) is 6.42 Å². The summed E-state index contributed by atoms with van der Waals surface area (Å²) >= 11 is 0. The van der Waals surface area contributed by atoms with Crippen molar-refractivity contribution in [2.45, 2.75) is 18.9 Å². The van der Waals surface area contributed by atoms with Crippen LogP contribution in [0, 0.1) is 0 Å². The number of ether oxygens (including phenoxy) is 1. The molecular weight excluding hydrogens is 134 g/mol. The minimum atomic E-state index is -0.868. The van der Waals surface area contributed by atoms with Gasteiger partial charge in [-0.3, -0.25) is 0 Å². The van der Waals surface area contributed by atoms with Gasteiger partial charge in [0.05, 0.1) is 7.11 Å². The molecule has 1 atom stereocenters. The molecule has 0 saturated heterocycles. The zero-order valence-electron chi connectivity index (χ0n) is 5.70. The van der Waals surface area contributed by atoms with Crippen LogP contribution in [0.5, 0.6) is 0 Å². The molecule has 56 valence electrons. The highest BCUT2D eigenvalue weighted by Crippen LogP contribution is 2.13. The third kappa shape index (κ3) is 1.26. The van der Waals surface area contributed by atoms with Crippen LogP contribution in [0.4, 0.5) is 0 Å². The van der Waals surface area contributed by atoms with Crippen LogP contribution in [-0.4, -0.2) is 30.1 Å². The van der Waals surface area contributed by atoms with Gasteiger partial charge in [0.25, 0.3) is 0 Å². The molecule has 4 heteroatoms. The monoisotopic (exact) mass is 143 g/mol. The lowest BCUT2D eigenvalue weighted by molar-refractivity contribution is -0.138. The van der Waals surface area contributed by atoms with Crippen molar-refractivity contribution >= 4 is 11.9 Å². The molecule has 1 rings (SSSR count). The van der Waals surface area contributed by atoms with Gasteiger partial charge in [0.15, 0.2) is 11.9 Å². The first-order valence-corrected chi connectivity index (χ1v) is 3.07. The van der Waals surface area contributed by atoms with E-state index in [0.717, 1.165) is 0 Å². The molecule has 4 nitrogen and oxygen atoms in total. The van der Waals surface area contributed by atoms with E-state index in [1.54, 1.807) is 0 Å². The standard InChI is InChI=1S/C6H9NO3/c1-10-5-3-2-4(7-5)6(8)9/h4H,2-3H2,1H3,(H,8,9)/t4-/m0/s1. The quantitative estimate of drug-likeness (QED) is 0.573. The van der Waals surface area contributed by atoms with Gasteiger partial charge in [-0.25, -0.2) is 9.79 Å². The molecule has 10 heavy (non-hydrogen) atoms. The topological polar surface area (TPSA) is 58.9 Å². The smallest absolute Gasteiger partial charge is 0.328 e. The summed E-state index contributed by atoms with van der Waals surface area (Å²) in [6, 6.07) is -0.574. The third-order valence-corrected chi connectivity index (χ3v) is 1.45. The van der Waals surface area contributed by atoms with Crippen LogP contribution in [0.3, 0.4) is 0 Å². The maximum atomic E-state index is 10.3. The first-order valence-electron chi connectivity index (χ1n) is 3.07. The fourth-order valence-electron chi connectivity index (χ4n) is 0.897. The van der Waals surface area contributed by atoms with E-state index in [2.05, 4.69) is 4.99 Å². The Hall–Kier alpha value is -1.06. The van der Waals surface area contributed by atoms with Gasteiger partial charge in [0.2, 0.25) is 0 Å². The van der Waals surface area contributed by atoms with Crippen molar-refractivity contribution in [3.63, 3.8) is 0 Å². The van der Waals surface area contributed by atoms with Crippen LogP contribution in [-0.2, 0) is 9.53 Å². The van der Waals surface area contributed by atoms with Crippen LogP contribution < -0.4 is 0 Å². The highest BCUT2D eigenvalue weighted by molar-refractivity contribution is 5.85. The molecule has 0 bridgehead atoms. The molecule has 0 aromatic carbocycles. The molecular formula is C6H9NO3. The van der Waals surface area contributed by atoms with Gasteiger partial charge in [0, 0.05) is 6.42 Å². The number of hydrogen-bond acceptors (Lipinski definition) is 3. The van der Waals surface area contributed by atoms with Crippen molar-refractivity contribution in [2.24, 2.45) is 4.99 Å². The molecule has 1 aliphatic heterocycles. The van der Waals surface area contributed by atoms with Crippen molar-refractivity contribution in [3.8, 4) is 0 Å². The van der Waals surface area contributed by atoms with E-state index < -0.39 is 12.0 Å². The maximum Gasteiger partial charge on any atom is 0.328 e. The molecule has 0 aromatic heterocycles. The Labute approximate surface area is 58.5 Å². The van der Waals surface area contributed by atoms with E-state index in [1.165, 1.54) is 7.11 Å². The lowest BCUT2D eigenvalue weighted by atomic mass is 10.2. The second-order valence-corrected chi connectivity index (χ2v) is 2.12. The van der Waals surface area contributed by atoms with Crippen molar-refractivity contribution in [1.82, 2.24) is 0 Å². The predicted molar refractivity (Wildman–Crippen MR) is 35.1 cm³/mol. The molecule has 0 aliphatic carbocycles. The number of aliphatic carboxylic acids is 1. The first-order chi connectivity index (χ1) is 4.74. The largest absolute Gasteiger partial charge is 0.484 e. The summed E-state index contributed by atoms with van der Waals surface area (Å²) in [5.74, 6) is -0.320. The zero-order valence-corrected chi connectivity index (χ0v) is 5.70. The van der Waals surface area contributed by atoms with E-state index in [-0.39, 0.29) is 0 Å². The van der Waals surface area contributed by atoms with E-state index in [9.17, 15) is 4.79 Å². The van der Waals surface area contributed by atoms with Gasteiger partial charge in [-0.1, -0.05) is 0 Å². The Balaban J connectivity index is 2.55. The lowest BCUT2D eigenvalue weighted by Crippen LogP contribution is -2.13. The number of carbonyl (C=O) groups is 1. The lowest BCUT2D eigenvalue weighted by Gasteiger charge is -1.94. The Morgan fingerprint density at radius 3 is 2.90 bits per heavy atom. The fourth-order valence-corrected chi connectivity index (χ4v) is 0.897. The molecule has 0 radical (unpaired) electrons. The molecule has 0 aromatic rings. The van der Waals surface area contributed by atoms with E-state index in [0.29, 0.717) is 18.7 Å². The normalized spacial score (nSPS) is 24.1. The predicted octanol–water partition coefficient (Wildman–Crippen LogP) is 0.278. The van der Waals surface area contributed by atoms with Crippen LogP contribution in [0.15, 0.2) is 4.99 Å². The number of carboxylic acid groups (broad SMARTS) is 1. The second kappa shape index (κ2) is 2.68. The van der Waals surface area contributed by atoms with Crippen molar-refractivity contribution < 1.29 is 14.6 Å². The number of aliphatic imine (C=N–C) groups is 1. The van der Waals surface area contributed by atoms with Gasteiger partial charge in [-0.2, -0.15) is 0 Å². The molecule has 0 spiro atoms. The average Bonchev–Trinajstić information content (AvgIpc) is 2.34. The number of nitrogens with zero attached hydrogens (tertiary/aromatic N) is 1. The molecule has 0 amide bonds. The summed E-state index contributed by atoms with van der Waals surface area (Å²) in [7, 11) is 1.50. The number of methoxy groups -OCH3 is 1. The van der Waals surface area contributed by atoms with Crippen LogP contribution in [0.2, 0.25) is 0 Å². The third-order valence-electron chi connectivity index (χ3n) is 1.45. The summed E-state index contributed by atoms with van der Waals surface area (Å²) in [6.45, 7) is 0. The zero-order chi connectivity index (χ0) is 7.56. The summed E-state index contributed by atoms with van der Waals surface area (Å²) in [5, 5.41) is 8.46. The van der Waals surface area contributed by atoms with Crippen molar-refractivity contribution in [2.75, 3.05) is 7.11 Å². The Morgan fingerprint density at radius 1 is 1.90 bits per heavy atom. The van der Waals surface area contributed by atoms with Crippen LogP contribution in [0.25, 0.3) is 0 Å². The number of carboxylic acids is 1. The summed E-state index contributed by atoms with van der Waals surface area (Å²) in [4.78, 5) is 14.1. The molecule has 1 aliphatic rings. The summed E-state index contributed by atoms with van der Waals surface area (Å²) in [6.07, 6.45) is 1.21. The summed E-state index contributed by atoms with van der Waals surface area (Å²) < 4.78 is 4.78. The highest BCUT2D eigenvalue weighted by atomic mass is 16.5. The Bertz CT molecular complexity index is 176. The van der Waals surface area contributed by atoms with E-state index in [4.69, 9.17) is 9.84 Å². The van der Waals surface area contributed by atoms with Gasteiger partial charge >= 0.3 is 5.97 Å². The molecule has 1 heterocycles. The molecule has 0 fully saturated rings. The first kappa shape index (κ1) is 7.05. The number of rotatable bonds is 1. The fraction of sp³-hybridized carbons (Fsp3) is 0.667. The Morgan fingerprint density at radius 2 is 2.60 bits per heavy atom. The molecule has 0 unspecified atom stereocenters. The molecule has 0 saturated carbocycles. The minimum Gasteiger partial charge on any atom is -0.484 e. The van der Waals surface area contributed by atoms with Crippen LogP contribution >= 0.6 is 0 Å². The molecule has 1 N–H and O–H groups in total. The van der Waals surface area contributed by atoms with Crippen molar-refractivity contribution in [3.05, 3.63) is 0 Å². The maximum absolute atomic E-state index is 10.3. The SMILES string of the molecule is COC1=N[C@H](C(=O)O)CC1. The second-order valence-electron chi connectivity index (χ2n) is 2.12. The van der Waals surface area contributed by atoms with Gasteiger partial charge in [-0.15, -0.1) is 0 Å².